The van der Waals surface area contributed by atoms with Gasteiger partial charge in [0.1, 0.15) is 0 Å². The number of hydrogen-bond donors (Lipinski definition) is 2. The van der Waals surface area contributed by atoms with Gasteiger partial charge < -0.3 is 0 Å². The van der Waals surface area contributed by atoms with Crippen LogP contribution in [0.1, 0.15) is 71.1 Å². The van der Waals surface area contributed by atoms with Crippen molar-refractivity contribution < 1.29 is 4.79 Å². The predicted octanol–water partition coefficient (Wildman–Crippen LogP) is 5.11. The second-order valence-corrected chi connectivity index (χ2v) is 8.95. The Morgan fingerprint density at radius 2 is 1.50 bits per heavy atom. The van der Waals surface area contributed by atoms with Crippen LogP contribution in [0.4, 0.5) is 0 Å². The fourth-order valence-electron chi connectivity index (χ4n) is 2.54. The molecule has 0 heterocycles. The molecule has 1 aliphatic carbocycles. The zero-order chi connectivity index (χ0) is 13.4. The molecule has 0 saturated heterocycles. The Morgan fingerprint density at radius 1 is 1.00 bits per heavy atom. The quantitative estimate of drug-likeness (QED) is 0.518. The summed E-state index contributed by atoms with van der Waals surface area (Å²) < 4.78 is -0.0628. The molecule has 0 N–H and O–H groups in total. The van der Waals surface area contributed by atoms with Crippen LogP contribution < -0.4 is 0 Å². The summed E-state index contributed by atoms with van der Waals surface area (Å²) in [4.78, 5) is 11.2. The molecule has 106 valence electrons. The Bertz CT molecular complexity index is 237. The topological polar surface area (TPSA) is 17.1 Å². The highest BCUT2D eigenvalue weighted by molar-refractivity contribution is 8.14. The van der Waals surface area contributed by atoms with E-state index in [2.05, 4.69) is 25.3 Å². The Kier molecular flexibility index (Phi) is 8.20. The number of thioether (sulfide) groups is 1. The fraction of sp³-hybridized carbons (Fsp3) is 0.929. The molecule has 4 heteroatoms. The van der Waals surface area contributed by atoms with Gasteiger partial charge in [-0.15, -0.1) is 0 Å². The monoisotopic (exact) mass is 306 g/mol. The van der Waals surface area contributed by atoms with E-state index in [4.69, 9.17) is 0 Å². The van der Waals surface area contributed by atoms with Crippen molar-refractivity contribution in [2.45, 2.75) is 80.5 Å². The first-order valence-electron chi connectivity index (χ1n) is 7.11. The minimum absolute atomic E-state index is 0.0628. The maximum absolute atomic E-state index is 11.2. The van der Waals surface area contributed by atoms with Gasteiger partial charge in [-0.25, -0.2) is 0 Å². The van der Waals surface area contributed by atoms with Crippen LogP contribution >= 0.6 is 37.0 Å². The number of carbonyl (C=O) groups excluding carboxylic acids is 1. The van der Waals surface area contributed by atoms with Gasteiger partial charge in [0.05, 0.1) is 4.08 Å². The van der Waals surface area contributed by atoms with Crippen molar-refractivity contribution >= 4 is 42.1 Å². The lowest BCUT2D eigenvalue weighted by molar-refractivity contribution is -0.109. The molecule has 1 nitrogen and oxygen atoms in total. The van der Waals surface area contributed by atoms with Crippen molar-refractivity contribution in [1.82, 2.24) is 0 Å². The van der Waals surface area contributed by atoms with Gasteiger partial charge in [-0.1, -0.05) is 50.3 Å². The van der Waals surface area contributed by atoms with Gasteiger partial charge in [-0.3, -0.25) is 4.79 Å². The van der Waals surface area contributed by atoms with Crippen molar-refractivity contribution in [2.24, 2.45) is 0 Å². The molecular formula is C14H26OS3. The van der Waals surface area contributed by atoms with Gasteiger partial charge in [0.2, 0.25) is 0 Å². The molecule has 0 aromatic carbocycles. The van der Waals surface area contributed by atoms with E-state index in [1.54, 1.807) is 18.7 Å². The predicted molar refractivity (Wildman–Crippen MR) is 88.9 cm³/mol. The van der Waals surface area contributed by atoms with Crippen molar-refractivity contribution in [1.29, 1.82) is 0 Å². The van der Waals surface area contributed by atoms with E-state index in [0.717, 1.165) is 12.8 Å². The first-order chi connectivity index (χ1) is 8.49. The molecule has 0 bridgehead atoms. The van der Waals surface area contributed by atoms with Gasteiger partial charge in [-0.05, 0) is 25.7 Å². The average Bonchev–Trinajstić information content (AvgIpc) is 2.25. The third-order valence-corrected chi connectivity index (χ3v) is 5.57. The Balaban J connectivity index is 2.38. The third kappa shape index (κ3) is 8.00. The summed E-state index contributed by atoms with van der Waals surface area (Å²) in [5, 5.41) is 0.829. The first kappa shape index (κ1) is 16.8. The molecule has 0 aromatic heterocycles. The van der Waals surface area contributed by atoms with Gasteiger partial charge in [0.25, 0.3) is 0 Å². The third-order valence-electron chi connectivity index (χ3n) is 3.54. The molecule has 1 fully saturated rings. The van der Waals surface area contributed by atoms with E-state index in [-0.39, 0.29) is 9.19 Å². The molecule has 0 unspecified atom stereocenters. The van der Waals surface area contributed by atoms with Crippen molar-refractivity contribution in [3.63, 3.8) is 0 Å². The van der Waals surface area contributed by atoms with Crippen LogP contribution in [0.3, 0.4) is 0 Å². The van der Waals surface area contributed by atoms with Crippen LogP contribution in [-0.2, 0) is 4.79 Å². The van der Waals surface area contributed by atoms with Gasteiger partial charge in [0, 0.05) is 12.2 Å². The highest BCUT2D eigenvalue weighted by Crippen LogP contribution is 2.34. The summed E-state index contributed by atoms with van der Waals surface area (Å²) in [6.07, 6.45) is 12.0. The highest BCUT2D eigenvalue weighted by atomic mass is 32.2. The zero-order valence-corrected chi connectivity index (χ0v) is 14.0. The summed E-state index contributed by atoms with van der Waals surface area (Å²) in [5.41, 5.74) is 0. The van der Waals surface area contributed by atoms with Gasteiger partial charge in [0.15, 0.2) is 5.12 Å². The van der Waals surface area contributed by atoms with Crippen LogP contribution in [0.15, 0.2) is 0 Å². The lowest BCUT2D eigenvalue weighted by Gasteiger charge is -2.24. The molecule has 0 aromatic rings. The summed E-state index contributed by atoms with van der Waals surface area (Å²) in [5.74, 6) is 0. The van der Waals surface area contributed by atoms with Crippen molar-refractivity contribution in [3.8, 4) is 0 Å². The smallest absolute Gasteiger partial charge is 0.186 e. The van der Waals surface area contributed by atoms with Crippen LogP contribution in [0.2, 0.25) is 0 Å². The number of rotatable bonds is 1. The summed E-state index contributed by atoms with van der Waals surface area (Å²) in [6, 6.07) is 0. The Morgan fingerprint density at radius 3 is 1.94 bits per heavy atom. The van der Waals surface area contributed by atoms with E-state index in [1.807, 2.05) is 0 Å². The molecule has 1 aliphatic rings. The normalized spacial score (nSPS) is 23.9. The molecule has 0 spiro atoms. The fourth-order valence-corrected chi connectivity index (χ4v) is 4.21. The first-order valence-corrected chi connectivity index (χ1v) is 8.89. The molecule has 1 saturated carbocycles. The molecule has 18 heavy (non-hydrogen) atoms. The maximum atomic E-state index is 11.2. The summed E-state index contributed by atoms with van der Waals surface area (Å²) in [6.45, 7) is 1.69. The minimum Gasteiger partial charge on any atom is -0.288 e. The Labute approximate surface area is 127 Å². The van der Waals surface area contributed by atoms with E-state index >= 15 is 0 Å². The number of hydrogen-bond acceptors (Lipinski definition) is 4. The maximum Gasteiger partial charge on any atom is 0.186 e. The number of carbonyl (C=O) groups is 1. The lowest BCUT2D eigenvalue weighted by atomic mass is 10.0. The zero-order valence-electron chi connectivity index (χ0n) is 11.4. The molecule has 0 aliphatic heterocycles. The van der Waals surface area contributed by atoms with E-state index in [1.165, 1.54) is 51.4 Å². The molecule has 0 atom stereocenters. The summed E-state index contributed by atoms with van der Waals surface area (Å²) in [7, 11) is 0. The van der Waals surface area contributed by atoms with Gasteiger partial charge >= 0.3 is 0 Å². The van der Waals surface area contributed by atoms with Crippen LogP contribution in [0.5, 0.6) is 0 Å². The molecule has 0 radical (unpaired) electrons. The van der Waals surface area contributed by atoms with Crippen LogP contribution in [-0.4, -0.2) is 14.4 Å². The summed E-state index contributed by atoms with van der Waals surface area (Å²) >= 11 is 10.9. The van der Waals surface area contributed by atoms with Crippen molar-refractivity contribution in [3.05, 3.63) is 0 Å². The van der Waals surface area contributed by atoms with E-state index in [9.17, 15) is 4.79 Å². The average molecular weight is 307 g/mol. The minimum atomic E-state index is -0.0628. The van der Waals surface area contributed by atoms with E-state index < -0.39 is 0 Å². The standard InChI is InChI=1S/C14H26OS3/c1-12(15)18-13-8-4-2-6-10-14(16,17)11-7-3-5-9-13/h13,16-17H,2-11H2,1H3. The van der Waals surface area contributed by atoms with Crippen LogP contribution in [0, 0.1) is 0 Å². The van der Waals surface area contributed by atoms with E-state index in [0.29, 0.717) is 5.25 Å². The lowest BCUT2D eigenvalue weighted by Crippen LogP contribution is -2.14. The van der Waals surface area contributed by atoms with Gasteiger partial charge in [-0.2, -0.15) is 25.3 Å². The largest absolute Gasteiger partial charge is 0.288 e. The van der Waals surface area contributed by atoms with Crippen molar-refractivity contribution in [2.75, 3.05) is 0 Å². The molecule has 0 amide bonds. The second-order valence-electron chi connectivity index (χ2n) is 5.41. The van der Waals surface area contributed by atoms with Crippen LogP contribution in [0.25, 0.3) is 0 Å². The SMILES string of the molecule is CC(=O)SC1CCCCCC(S)(S)CCCCC1. The highest BCUT2D eigenvalue weighted by Gasteiger charge is 2.20. The second kappa shape index (κ2) is 8.80. The Hall–Kier alpha value is 0.720. The molecule has 1 rings (SSSR count). The molecular weight excluding hydrogens is 280 g/mol. The number of thiol groups is 2.